The minimum atomic E-state index is -0.0305. The van der Waals surface area contributed by atoms with E-state index >= 15 is 0 Å². The average Bonchev–Trinajstić information content (AvgIpc) is 3.29. The number of amides is 1. The fraction of sp³-hybridized carbons (Fsp3) is 0.222. The topological polar surface area (TPSA) is 57.8 Å². The van der Waals surface area contributed by atoms with Gasteiger partial charge >= 0.3 is 0 Å². The molecule has 4 rings (SSSR count). The second-order valence-corrected chi connectivity index (χ2v) is 6.43. The van der Waals surface area contributed by atoms with E-state index in [1.165, 1.54) is 12.8 Å². The quantitative estimate of drug-likeness (QED) is 0.761. The fourth-order valence-electron chi connectivity index (χ4n) is 2.67. The van der Waals surface area contributed by atoms with Crippen molar-refractivity contribution < 1.29 is 4.79 Å². The van der Waals surface area contributed by atoms with Gasteiger partial charge in [0, 0.05) is 28.1 Å². The van der Waals surface area contributed by atoms with Gasteiger partial charge in [0.05, 0.1) is 11.2 Å². The average molecular weight is 326 g/mol. The first-order valence-corrected chi connectivity index (χ1v) is 8.11. The summed E-state index contributed by atoms with van der Waals surface area (Å²) < 4.78 is 0. The normalized spacial score (nSPS) is 14.1. The molecule has 0 bridgehead atoms. The third-order valence-electron chi connectivity index (χ3n) is 4.17. The summed E-state index contributed by atoms with van der Waals surface area (Å²) in [5, 5.41) is 12.0. The van der Waals surface area contributed by atoms with Crippen molar-refractivity contribution in [1.82, 2.24) is 15.5 Å². The van der Waals surface area contributed by atoms with Gasteiger partial charge in [-0.25, -0.2) is 0 Å². The van der Waals surface area contributed by atoms with Crippen molar-refractivity contribution >= 4 is 28.4 Å². The summed E-state index contributed by atoms with van der Waals surface area (Å²) in [6.45, 7) is 0.767. The van der Waals surface area contributed by atoms with Crippen molar-refractivity contribution in [2.45, 2.75) is 12.8 Å². The van der Waals surface area contributed by atoms with E-state index in [-0.39, 0.29) is 5.91 Å². The zero-order chi connectivity index (χ0) is 15.8. The van der Waals surface area contributed by atoms with Crippen LogP contribution in [0.25, 0.3) is 22.2 Å². The van der Waals surface area contributed by atoms with E-state index < -0.39 is 0 Å². The maximum absolute atomic E-state index is 12.3. The summed E-state index contributed by atoms with van der Waals surface area (Å²) in [7, 11) is 0. The number of aromatic amines is 1. The molecule has 0 atom stereocenters. The lowest BCUT2D eigenvalue weighted by Gasteiger charge is -2.05. The first kappa shape index (κ1) is 14.3. The molecule has 4 nitrogen and oxygen atoms in total. The minimum absolute atomic E-state index is 0.0305. The first-order chi connectivity index (χ1) is 11.2. The van der Waals surface area contributed by atoms with Crippen molar-refractivity contribution in [3.8, 4) is 11.3 Å². The Morgan fingerprint density at radius 3 is 2.91 bits per heavy atom. The maximum Gasteiger partial charge on any atom is 0.251 e. The number of nitrogens with one attached hydrogen (secondary N) is 2. The first-order valence-electron chi connectivity index (χ1n) is 7.73. The van der Waals surface area contributed by atoms with Gasteiger partial charge in [0.2, 0.25) is 0 Å². The third kappa shape index (κ3) is 2.94. The number of hydrogen-bond donors (Lipinski definition) is 2. The molecule has 1 aliphatic carbocycles. The van der Waals surface area contributed by atoms with Crippen LogP contribution in [0.4, 0.5) is 0 Å². The third-order valence-corrected chi connectivity index (χ3v) is 4.41. The molecule has 0 spiro atoms. The van der Waals surface area contributed by atoms with Gasteiger partial charge in [0.15, 0.2) is 0 Å². The fourth-order valence-corrected chi connectivity index (χ4v) is 2.86. The Balaban J connectivity index is 1.69. The Hall–Kier alpha value is -2.33. The molecule has 1 heterocycles. The molecule has 5 heteroatoms. The molecular formula is C18H16ClN3O. The predicted octanol–water partition coefficient (Wildman–Crippen LogP) is 4.02. The summed E-state index contributed by atoms with van der Waals surface area (Å²) >= 11 is 6.07. The van der Waals surface area contributed by atoms with Crippen LogP contribution in [0.15, 0.2) is 42.5 Å². The van der Waals surface area contributed by atoms with Gasteiger partial charge in [0.1, 0.15) is 0 Å². The van der Waals surface area contributed by atoms with Crippen molar-refractivity contribution in [1.29, 1.82) is 0 Å². The standard InChI is InChI=1S/C18H16ClN3O/c19-14-3-1-2-12(8-14)17-15-9-13(6-7-16(15)21-22-17)18(23)20-10-11-4-5-11/h1-3,6-9,11H,4-5,10H2,(H,20,23)(H,21,22). The van der Waals surface area contributed by atoms with E-state index in [1.807, 2.05) is 42.5 Å². The van der Waals surface area contributed by atoms with Gasteiger partial charge in [-0.3, -0.25) is 9.89 Å². The highest BCUT2D eigenvalue weighted by atomic mass is 35.5. The summed E-state index contributed by atoms with van der Waals surface area (Å²) in [5.41, 5.74) is 3.29. The van der Waals surface area contributed by atoms with E-state index in [1.54, 1.807) is 0 Å². The van der Waals surface area contributed by atoms with Crippen molar-refractivity contribution in [3.63, 3.8) is 0 Å². The molecule has 1 amide bonds. The van der Waals surface area contributed by atoms with Gasteiger partial charge in [-0.1, -0.05) is 23.7 Å². The molecule has 0 unspecified atom stereocenters. The minimum Gasteiger partial charge on any atom is -0.352 e. The van der Waals surface area contributed by atoms with Gasteiger partial charge < -0.3 is 5.32 Å². The maximum atomic E-state index is 12.3. The Kier molecular flexibility index (Phi) is 3.54. The number of rotatable bonds is 4. The lowest BCUT2D eigenvalue weighted by Crippen LogP contribution is -2.25. The van der Waals surface area contributed by atoms with Crippen LogP contribution in [-0.2, 0) is 0 Å². The Bertz CT molecular complexity index is 883. The number of nitrogens with zero attached hydrogens (tertiary/aromatic N) is 1. The molecule has 1 aliphatic rings. The lowest BCUT2D eigenvalue weighted by atomic mass is 10.1. The number of halogens is 1. The molecular weight excluding hydrogens is 310 g/mol. The van der Waals surface area contributed by atoms with Gasteiger partial charge in [-0.2, -0.15) is 5.10 Å². The number of aromatic nitrogens is 2. The Labute approximate surface area is 138 Å². The molecule has 1 saturated carbocycles. The second-order valence-electron chi connectivity index (χ2n) is 6.00. The van der Waals surface area contributed by atoms with E-state index in [4.69, 9.17) is 11.6 Å². The Morgan fingerprint density at radius 2 is 2.13 bits per heavy atom. The predicted molar refractivity (Wildman–Crippen MR) is 91.6 cm³/mol. The van der Waals surface area contributed by atoms with E-state index in [0.29, 0.717) is 16.5 Å². The SMILES string of the molecule is O=C(NCC1CC1)c1ccc2[nH]nc(-c3cccc(Cl)c3)c2c1. The number of H-pyrrole nitrogens is 1. The largest absolute Gasteiger partial charge is 0.352 e. The summed E-state index contributed by atoms with van der Waals surface area (Å²) in [6.07, 6.45) is 2.44. The molecule has 1 aromatic heterocycles. The van der Waals surface area contributed by atoms with Gasteiger partial charge in [0.25, 0.3) is 5.91 Å². The van der Waals surface area contributed by atoms with Crippen molar-refractivity contribution in [2.24, 2.45) is 5.92 Å². The monoisotopic (exact) mass is 325 g/mol. The molecule has 0 aliphatic heterocycles. The molecule has 2 N–H and O–H groups in total. The number of hydrogen-bond acceptors (Lipinski definition) is 2. The molecule has 3 aromatic rings. The highest BCUT2D eigenvalue weighted by Crippen LogP contribution is 2.29. The van der Waals surface area contributed by atoms with Crippen LogP contribution in [0.3, 0.4) is 0 Å². The van der Waals surface area contributed by atoms with Gasteiger partial charge in [-0.05, 0) is 49.1 Å². The zero-order valence-corrected chi connectivity index (χ0v) is 13.2. The molecule has 1 fully saturated rings. The van der Waals surface area contributed by atoms with E-state index in [0.717, 1.165) is 28.7 Å². The van der Waals surface area contributed by atoms with Crippen LogP contribution in [0.2, 0.25) is 5.02 Å². The number of carbonyl (C=O) groups excluding carboxylic acids is 1. The van der Waals surface area contributed by atoms with E-state index in [9.17, 15) is 4.79 Å². The Morgan fingerprint density at radius 1 is 1.26 bits per heavy atom. The van der Waals surface area contributed by atoms with Crippen LogP contribution in [0.5, 0.6) is 0 Å². The van der Waals surface area contributed by atoms with Crippen LogP contribution in [0, 0.1) is 5.92 Å². The van der Waals surface area contributed by atoms with Crippen molar-refractivity contribution in [2.75, 3.05) is 6.54 Å². The van der Waals surface area contributed by atoms with E-state index in [2.05, 4.69) is 15.5 Å². The number of benzene rings is 2. The molecule has 23 heavy (non-hydrogen) atoms. The van der Waals surface area contributed by atoms with Crippen LogP contribution >= 0.6 is 11.6 Å². The van der Waals surface area contributed by atoms with Gasteiger partial charge in [-0.15, -0.1) is 0 Å². The highest BCUT2D eigenvalue weighted by molar-refractivity contribution is 6.30. The summed E-state index contributed by atoms with van der Waals surface area (Å²) in [4.78, 5) is 12.3. The molecule has 0 saturated heterocycles. The number of fused-ring (bicyclic) bond motifs is 1. The summed E-state index contributed by atoms with van der Waals surface area (Å²) in [5.74, 6) is 0.635. The molecule has 116 valence electrons. The van der Waals surface area contributed by atoms with Crippen LogP contribution < -0.4 is 5.32 Å². The lowest BCUT2D eigenvalue weighted by molar-refractivity contribution is 0.0952. The summed E-state index contributed by atoms with van der Waals surface area (Å²) in [6, 6.07) is 13.2. The van der Waals surface area contributed by atoms with Crippen LogP contribution in [0.1, 0.15) is 23.2 Å². The smallest absolute Gasteiger partial charge is 0.251 e. The highest BCUT2D eigenvalue weighted by Gasteiger charge is 2.22. The van der Waals surface area contributed by atoms with Crippen molar-refractivity contribution in [3.05, 3.63) is 53.1 Å². The zero-order valence-electron chi connectivity index (χ0n) is 12.5. The molecule has 0 radical (unpaired) electrons. The van der Waals surface area contributed by atoms with Crippen LogP contribution in [-0.4, -0.2) is 22.6 Å². The number of carbonyl (C=O) groups is 1. The second kappa shape index (κ2) is 5.70. The molecule has 2 aromatic carbocycles.